The highest BCUT2D eigenvalue weighted by molar-refractivity contribution is 7.45. The van der Waals surface area contributed by atoms with Crippen LogP contribution in [0, 0.1) is 0 Å². The quantitative estimate of drug-likeness (QED) is 0.0272. The number of phosphoric acid groups is 1. The lowest BCUT2D eigenvalue weighted by atomic mass is 10.0. The normalized spacial score (nSPS) is 14.8. The van der Waals surface area contributed by atoms with Crippen LogP contribution in [-0.4, -0.2) is 68.5 Å². The third-order valence-electron chi connectivity index (χ3n) is 11.3. The van der Waals surface area contributed by atoms with Crippen LogP contribution in [0.4, 0.5) is 0 Å². The second kappa shape index (κ2) is 47.5. The summed E-state index contributed by atoms with van der Waals surface area (Å²) in [6, 6.07) is -0.899. The third kappa shape index (κ3) is 49.3. The maximum Gasteiger partial charge on any atom is 0.268 e. The average molecular weight is 941 g/mol. The van der Waals surface area contributed by atoms with Crippen molar-refractivity contribution >= 4 is 13.7 Å². The molecule has 0 heterocycles. The molecule has 1 amide bonds. The molecule has 0 aromatic carbocycles. The predicted octanol–water partition coefficient (Wildman–Crippen LogP) is 15.2. The fourth-order valence-corrected chi connectivity index (χ4v) is 7.85. The van der Waals surface area contributed by atoms with Gasteiger partial charge in [-0.15, -0.1) is 0 Å². The summed E-state index contributed by atoms with van der Waals surface area (Å²) in [6.45, 7) is 4.51. The van der Waals surface area contributed by atoms with E-state index >= 15 is 0 Å². The number of aliphatic hydroxyl groups excluding tert-OH is 1. The lowest BCUT2D eigenvalue weighted by molar-refractivity contribution is -0.870. The molecule has 3 atom stereocenters. The molecule has 0 aromatic heterocycles. The lowest BCUT2D eigenvalue weighted by Crippen LogP contribution is -2.45. The second-order valence-corrected chi connectivity index (χ2v) is 20.3. The van der Waals surface area contributed by atoms with Crippen molar-refractivity contribution in [1.29, 1.82) is 0 Å². The van der Waals surface area contributed by atoms with Gasteiger partial charge in [-0.1, -0.05) is 220 Å². The maximum absolute atomic E-state index is 12.9. The molecule has 0 spiro atoms. The first-order valence-corrected chi connectivity index (χ1v) is 28.1. The van der Waals surface area contributed by atoms with Crippen LogP contribution in [0.25, 0.3) is 0 Å². The summed E-state index contributed by atoms with van der Waals surface area (Å²) in [4.78, 5) is 25.4. The van der Waals surface area contributed by atoms with Gasteiger partial charge in [-0.2, -0.15) is 0 Å². The van der Waals surface area contributed by atoms with E-state index in [4.69, 9.17) is 9.05 Å². The van der Waals surface area contributed by atoms with E-state index in [1.54, 1.807) is 6.08 Å². The summed E-state index contributed by atoms with van der Waals surface area (Å²) >= 11 is 0. The zero-order valence-corrected chi connectivity index (χ0v) is 44.0. The van der Waals surface area contributed by atoms with Crippen LogP contribution in [0.2, 0.25) is 0 Å². The Hall–Kier alpha value is -2.58. The van der Waals surface area contributed by atoms with Gasteiger partial charge in [-0.05, 0) is 77.0 Å². The molecule has 0 aromatic rings. The number of hydrogen-bond acceptors (Lipinski definition) is 6. The summed E-state index contributed by atoms with van der Waals surface area (Å²) in [5, 5.41) is 13.8. The van der Waals surface area contributed by atoms with Crippen LogP contribution in [0.15, 0.2) is 97.2 Å². The number of phosphoric ester groups is 1. The molecule has 0 rings (SSSR count). The van der Waals surface area contributed by atoms with Crippen LogP contribution in [0.3, 0.4) is 0 Å². The van der Waals surface area contributed by atoms with Crippen LogP contribution in [-0.2, 0) is 18.4 Å². The molecule has 0 radical (unpaired) electrons. The van der Waals surface area contributed by atoms with Crippen LogP contribution in [0.1, 0.15) is 206 Å². The summed E-state index contributed by atoms with van der Waals surface area (Å²) < 4.78 is 23.3. The number of amides is 1. The van der Waals surface area contributed by atoms with Gasteiger partial charge in [0.1, 0.15) is 13.2 Å². The van der Waals surface area contributed by atoms with Gasteiger partial charge in [0, 0.05) is 6.42 Å². The van der Waals surface area contributed by atoms with Gasteiger partial charge < -0.3 is 28.8 Å². The Balaban J connectivity index is 4.29. The Morgan fingerprint density at radius 3 is 1.35 bits per heavy atom. The highest BCUT2D eigenvalue weighted by Gasteiger charge is 2.23. The monoisotopic (exact) mass is 941 g/mol. The first-order chi connectivity index (χ1) is 32.0. The van der Waals surface area contributed by atoms with Gasteiger partial charge in [0.05, 0.1) is 39.9 Å². The number of carbonyl (C=O) groups is 1. The minimum atomic E-state index is -4.60. The van der Waals surface area contributed by atoms with Crippen LogP contribution < -0.4 is 10.2 Å². The summed E-state index contributed by atoms with van der Waals surface area (Å²) in [5.74, 6) is -0.213. The summed E-state index contributed by atoms with van der Waals surface area (Å²) in [7, 11) is 1.24. The van der Waals surface area contributed by atoms with Crippen molar-refractivity contribution in [2.75, 3.05) is 40.9 Å². The van der Waals surface area contributed by atoms with Crippen molar-refractivity contribution in [1.82, 2.24) is 5.32 Å². The predicted molar refractivity (Wildman–Crippen MR) is 283 cm³/mol. The molecule has 0 aliphatic heterocycles. The molecule has 0 aliphatic rings. The first kappa shape index (κ1) is 63.4. The smallest absolute Gasteiger partial charge is 0.268 e. The van der Waals surface area contributed by atoms with E-state index in [1.807, 2.05) is 27.2 Å². The molecule has 380 valence electrons. The standard InChI is InChI=1S/C57H101N2O6P/c1-6-8-10-12-14-16-18-20-22-23-24-25-26-27-28-29-30-31-32-33-34-35-37-39-41-43-45-47-49-51-57(61)58-55(54-65-66(62,63)64-53-52-59(3,4)5)56(60)50-48-46-44-42-40-38-36-21-19-17-15-13-11-9-7-2/h8,10,14,16,20,22,24-25,27-28,30-31,33-34,48,50,55-56,60H,6-7,9,11-13,15,17-19,21,23,26,29,32,35-47,49,51-54H2,1-5H3,(H-,58,61,62,63)/b10-8-,16-14-,22-20-,25-24-,28-27-,31-30-,34-33-,50-48+. The average Bonchev–Trinajstić information content (AvgIpc) is 3.28. The van der Waals surface area contributed by atoms with E-state index in [2.05, 4.69) is 104 Å². The zero-order valence-electron chi connectivity index (χ0n) is 43.1. The Morgan fingerprint density at radius 1 is 0.545 bits per heavy atom. The number of quaternary nitrogens is 1. The zero-order chi connectivity index (χ0) is 48.5. The highest BCUT2D eigenvalue weighted by atomic mass is 31.2. The molecule has 0 saturated carbocycles. The molecular weight excluding hydrogens is 840 g/mol. The van der Waals surface area contributed by atoms with E-state index in [9.17, 15) is 19.4 Å². The molecule has 0 bridgehead atoms. The largest absolute Gasteiger partial charge is 0.756 e. The fourth-order valence-electron chi connectivity index (χ4n) is 7.13. The minimum absolute atomic E-state index is 0.00827. The summed E-state index contributed by atoms with van der Waals surface area (Å²) in [6.07, 6.45) is 67.5. The topological polar surface area (TPSA) is 108 Å². The number of rotatable bonds is 47. The number of unbranched alkanes of at least 4 members (excludes halogenated alkanes) is 20. The number of allylic oxidation sites excluding steroid dienone is 15. The molecule has 2 N–H and O–H groups in total. The number of nitrogens with zero attached hydrogens (tertiary/aromatic N) is 1. The second-order valence-electron chi connectivity index (χ2n) is 18.9. The molecule has 0 saturated heterocycles. The van der Waals surface area contributed by atoms with Gasteiger partial charge in [0.25, 0.3) is 7.82 Å². The van der Waals surface area contributed by atoms with Crippen molar-refractivity contribution < 1.29 is 32.9 Å². The molecule has 9 heteroatoms. The van der Waals surface area contributed by atoms with Crippen molar-refractivity contribution in [2.24, 2.45) is 0 Å². The molecule has 8 nitrogen and oxygen atoms in total. The van der Waals surface area contributed by atoms with E-state index < -0.39 is 26.6 Å². The van der Waals surface area contributed by atoms with Crippen molar-refractivity contribution in [3.8, 4) is 0 Å². The number of nitrogens with one attached hydrogen (secondary N) is 1. The SMILES string of the molecule is CC/C=C\C/C=C\C/C=C\C/C=C\C/C=C\C/C=C\C/C=C\CCCCCCCCCC(=O)NC(COP(=O)([O-])OCC[N+](C)(C)C)C(O)/C=C/CCCCCCCCCCCCCCC. The van der Waals surface area contributed by atoms with Gasteiger partial charge in [0.15, 0.2) is 0 Å². The number of aliphatic hydroxyl groups is 1. The van der Waals surface area contributed by atoms with Crippen LogP contribution >= 0.6 is 7.82 Å². The summed E-state index contributed by atoms with van der Waals surface area (Å²) in [5.41, 5.74) is 0. The van der Waals surface area contributed by atoms with Crippen molar-refractivity contribution in [3.63, 3.8) is 0 Å². The van der Waals surface area contributed by atoms with Crippen LogP contribution in [0.5, 0.6) is 0 Å². The number of carbonyl (C=O) groups excluding carboxylic acids is 1. The van der Waals surface area contributed by atoms with Crippen molar-refractivity contribution in [2.45, 2.75) is 219 Å². The highest BCUT2D eigenvalue weighted by Crippen LogP contribution is 2.38. The van der Waals surface area contributed by atoms with E-state index in [0.29, 0.717) is 17.4 Å². The molecule has 3 unspecified atom stereocenters. The molecule has 0 aliphatic carbocycles. The van der Waals surface area contributed by atoms with Gasteiger partial charge in [0.2, 0.25) is 5.91 Å². The Kier molecular flexibility index (Phi) is 45.6. The van der Waals surface area contributed by atoms with Gasteiger partial charge in [-0.25, -0.2) is 0 Å². The Bertz CT molecular complexity index is 1390. The minimum Gasteiger partial charge on any atom is -0.756 e. The lowest BCUT2D eigenvalue weighted by Gasteiger charge is -2.29. The van der Waals surface area contributed by atoms with Crippen molar-refractivity contribution in [3.05, 3.63) is 97.2 Å². The Morgan fingerprint density at radius 2 is 0.924 bits per heavy atom. The number of likely N-dealkylation sites (N-methyl/N-ethyl adjacent to an activating group) is 1. The van der Waals surface area contributed by atoms with E-state index in [0.717, 1.165) is 96.3 Å². The maximum atomic E-state index is 12.9. The van der Waals surface area contributed by atoms with E-state index in [1.165, 1.54) is 89.9 Å². The van der Waals surface area contributed by atoms with Gasteiger partial charge >= 0.3 is 0 Å². The first-order valence-electron chi connectivity index (χ1n) is 26.6. The van der Waals surface area contributed by atoms with Gasteiger partial charge in [-0.3, -0.25) is 9.36 Å². The third-order valence-corrected chi connectivity index (χ3v) is 12.3. The fraction of sp³-hybridized carbons (Fsp3) is 0.702. The number of hydrogen-bond donors (Lipinski definition) is 2. The molecular formula is C57H101N2O6P. The molecule has 66 heavy (non-hydrogen) atoms. The van der Waals surface area contributed by atoms with E-state index in [-0.39, 0.29) is 12.5 Å². The molecule has 0 fully saturated rings. The Labute approximate surface area is 407 Å².